The Bertz CT molecular complexity index is 960. The van der Waals surface area contributed by atoms with Crippen LogP contribution in [0.1, 0.15) is 23.6 Å². The maximum absolute atomic E-state index is 5.35. The fraction of sp³-hybridized carbons (Fsp3) is 0.143. The normalized spacial score (nSPS) is 11.4. The predicted molar refractivity (Wildman–Crippen MR) is 111 cm³/mol. The van der Waals surface area contributed by atoms with Crippen LogP contribution in [-0.4, -0.2) is 10.8 Å². The monoisotopic (exact) mass is 347 g/mol. The first-order valence-corrected chi connectivity index (χ1v) is 8.62. The number of hydrazone groups is 1. The van der Waals surface area contributed by atoms with Gasteiger partial charge in [0.25, 0.3) is 0 Å². The Balaban J connectivity index is 1.71. The molecule has 25 heavy (non-hydrogen) atoms. The summed E-state index contributed by atoms with van der Waals surface area (Å²) in [5.41, 5.74) is 8.29. The summed E-state index contributed by atoms with van der Waals surface area (Å²) in [6.07, 6.45) is 0. The second kappa shape index (κ2) is 7.45. The molecule has 0 spiro atoms. The third-order valence-electron chi connectivity index (χ3n) is 4.35. The van der Waals surface area contributed by atoms with Crippen LogP contribution in [0.15, 0.2) is 65.8 Å². The average Bonchev–Trinajstić information content (AvgIpc) is 2.63. The first kappa shape index (κ1) is 17.1. The number of nitrogens with one attached hydrogen (secondary N) is 2. The molecular formula is C21H21N3S. The summed E-state index contributed by atoms with van der Waals surface area (Å²) in [6, 6.07) is 20.7. The van der Waals surface area contributed by atoms with Crippen LogP contribution in [-0.2, 0) is 0 Å². The fourth-order valence-corrected chi connectivity index (χ4v) is 2.81. The van der Waals surface area contributed by atoms with Crippen LogP contribution in [0.4, 0.5) is 5.69 Å². The minimum Gasteiger partial charge on any atom is -0.331 e. The standard InChI is InChI=1S/C21H21N3S/c1-14-7-6-10-20(15(14)2)22-21(25)24-23-16(3)18-12-11-17-8-4-5-9-19(17)13-18/h4-13H,1-3H3,(H2,22,24,25)/b23-16-. The summed E-state index contributed by atoms with van der Waals surface area (Å²) in [5, 5.41) is 10.5. The van der Waals surface area contributed by atoms with Crippen LogP contribution in [0.25, 0.3) is 10.8 Å². The van der Waals surface area contributed by atoms with Crippen molar-refractivity contribution in [3.63, 3.8) is 0 Å². The van der Waals surface area contributed by atoms with Gasteiger partial charge < -0.3 is 5.32 Å². The van der Waals surface area contributed by atoms with E-state index in [1.54, 1.807) is 0 Å². The summed E-state index contributed by atoms with van der Waals surface area (Å²) in [4.78, 5) is 0. The smallest absolute Gasteiger partial charge is 0.191 e. The number of thiocarbonyl (C=S) groups is 1. The van der Waals surface area contributed by atoms with Crippen LogP contribution in [0.5, 0.6) is 0 Å². The quantitative estimate of drug-likeness (QED) is 0.390. The number of anilines is 1. The molecule has 4 heteroatoms. The Morgan fingerprint density at radius 2 is 1.68 bits per heavy atom. The van der Waals surface area contributed by atoms with E-state index in [1.807, 2.05) is 31.2 Å². The SMILES string of the molecule is C/C(=N/NC(=S)Nc1cccc(C)c1C)c1ccc2ccccc2c1. The van der Waals surface area contributed by atoms with Crippen molar-refractivity contribution < 1.29 is 0 Å². The van der Waals surface area contributed by atoms with E-state index < -0.39 is 0 Å². The lowest BCUT2D eigenvalue weighted by molar-refractivity contribution is 1.04. The topological polar surface area (TPSA) is 36.4 Å². The minimum absolute atomic E-state index is 0.480. The van der Waals surface area contributed by atoms with E-state index in [0.29, 0.717) is 5.11 Å². The van der Waals surface area contributed by atoms with Gasteiger partial charge in [-0.25, -0.2) is 0 Å². The van der Waals surface area contributed by atoms with Gasteiger partial charge >= 0.3 is 0 Å². The molecule has 0 amide bonds. The van der Waals surface area contributed by atoms with Crippen molar-refractivity contribution in [2.45, 2.75) is 20.8 Å². The molecule has 0 aliphatic heterocycles. The molecule has 0 unspecified atom stereocenters. The summed E-state index contributed by atoms with van der Waals surface area (Å²) in [5.74, 6) is 0. The van der Waals surface area contributed by atoms with Gasteiger partial charge in [-0.2, -0.15) is 5.10 Å². The third-order valence-corrected chi connectivity index (χ3v) is 4.54. The van der Waals surface area contributed by atoms with Crippen molar-refractivity contribution in [3.05, 3.63) is 77.4 Å². The molecule has 2 N–H and O–H groups in total. The van der Waals surface area contributed by atoms with Gasteiger partial charge in [0, 0.05) is 5.69 Å². The maximum Gasteiger partial charge on any atom is 0.191 e. The van der Waals surface area contributed by atoms with E-state index in [2.05, 4.69) is 66.1 Å². The molecule has 0 saturated carbocycles. The zero-order chi connectivity index (χ0) is 17.8. The number of benzene rings is 3. The van der Waals surface area contributed by atoms with Crippen molar-refractivity contribution in [1.82, 2.24) is 5.43 Å². The summed E-state index contributed by atoms with van der Waals surface area (Å²) >= 11 is 5.35. The lowest BCUT2D eigenvalue weighted by Crippen LogP contribution is -2.25. The molecule has 0 bridgehead atoms. The van der Waals surface area contributed by atoms with E-state index >= 15 is 0 Å². The molecule has 0 heterocycles. The molecule has 126 valence electrons. The van der Waals surface area contributed by atoms with Crippen LogP contribution in [0.3, 0.4) is 0 Å². The van der Waals surface area contributed by atoms with Crippen molar-refractivity contribution in [3.8, 4) is 0 Å². The van der Waals surface area contributed by atoms with E-state index in [9.17, 15) is 0 Å². The molecule has 3 nitrogen and oxygen atoms in total. The van der Waals surface area contributed by atoms with Gasteiger partial charge in [0.2, 0.25) is 0 Å². The van der Waals surface area contributed by atoms with Crippen LogP contribution < -0.4 is 10.7 Å². The van der Waals surface area contributed by atoms with Gasteiger partial charge in [-0.15, -0.1) is 0 Å². The van der Waals surface area contributed by atoms with Gasteiger partial charge in [-0.3, -0.25) is 5.43 Å². The molecule has 3 rings (SSSR count). The Morgan fingerprint density at radius 1 is 0.920 bits per heavy atom. The maximum atomic E-state index is 5.35. The second-order valence-electron chi connectivity index (χ2n) is 6.07. The summed E-state index contributed by atoms with van der Waals surface area (Å²) in [7, 11) is 0. The number of hydrogen-bond acceptors (Lipinski definition) is 2. The molecule has 3 aromatic rings. The number of fused-ring (bicyclic) bond motifs is 1. The van der Waals surface area contributed by atoms with Crippen molar-refractivity contribution in [2.75, 3.05) is 5.32 Å². The molecule has 0 atom stereocenters. The lowest BCUT2D eigenvalue weighted by Gasteiger charge is -2.12. The van der Waals surface area contributed by atoms with Crippen LogP contribution in [0.2, 0.25) is 0 Å². The van der Waals surface area contributed by atoms with E-state index in [0.717, 1.165) is 17.0 Å². The summed E-state index contributed by atoms with van der Waals surface area (Å²) in [6.45, 7) is 6.13. The van der Waals surface area contributed by atoms with Gasteiger partial charge in [0.15, 0.2) is 5.11 Å². The highest BCUT2D eigenvalue weighted by atomic mass is 32.1. The number of hydrogen-bond donors (Lipinski definition) is 2. The molecule has 0 aliphatic carbocycles. The molecule has 0 radical (unpaired) electrons. The van der Waals surface area contributed by atoms with Crippen LogP contribution in [0, 0.1) is 13.8 Å². The molecule has 0 aromatic heterocycles. The fourth-order valence-electron chi connectivity index (χ4n) is 2.65. The van der Waals surface area contributed by atoms with E-state index in [1.165, 1.54) is 21.9 Å². The molecule has 0 saturated heterocycles. The Hall–Kier alpha value is -2.72. The minimum atomic E-state index is 0.480. The molecule has 3 aromatic carbocycles. The second-order valence-corrected chi connectivity index (χ2v) is 6.48. The molecule has 0 aliphatic rings. The van der Waals surface area contributed by atoms with Gasteiger partial charge in [-0.05, 0) is 72.6 Å². The Kier molecular flexibility index (Phi) is 5.10. The van der Waals surface area contributed by atoms with Gasteiger partial charge in [0.1, 0.15) is 0 Å². The highest BCUT2D eigenvalue weighted by Gasteiger charge is 2.03. The number of rotatable bonds is 3. The Morgan fingerprint density at radius 3 is 2.48 bits per heavy atom. The highest BCUT2D eigenvalue weighted by Crippen LogP contribution is 2.18. The highest BCUT2D eigenvalue weighted by molar-refractivity contribution is 7.80. The van der Waals surface area contributed by atoms with Gasteiger partial charge in [-0.1, -0.05) is 48.5 Å². The lowest BCUT2D eigenvalue weighted by atomic mass is 10.0. The number of nitrogens with zero attached hydrogens (tertiary/aromatic N) is 1. The first-order chi connectivity index (χ1) is 12.0. The molecule has 0 fully saturated rings. The van der Waals surface area contributed by atoms with E-state index in [-0.39, 0.29) is 0 Å². The van der Waals surface area contributed by atoms with E-state index in [4.69, 9.17) is 12.2 Å². The zero-order valence-corrected chi connectivity index (χ0v) is 15.4. The Labute approximate surface area is 153 Å². The van der Waals surface area contributed by atoms with Gasteiger partial charge in [0.05, 0.1) is 5.71 Å². The zero-order valence-electron chi connectivity index (χ0n) is 14.6. The van der Waals surface area contributed by atoms with Crippen molar-refractivity contribution in [1.29, 1.82) is 0 Å². The average molecular weight is 347 g/mol. The van der Waals surface area contributed by atoms with Crippen molar-refractivity contribution >= 4 is 39.5 Å². The van der Waals surface area contributed by atoms with Crippen LogP contribution >= 0.6 is 12.2 Å². The first-order valence-electron chi connectivity index (χ1n) is 8.21. The third kappa shape index (κ3) is 4.03. The van der Waals surface area contributed by atoms with Crippen molar-refractivity contribution in [2.24, 2.45) is 5.10 Å². The summed E-state index contributed by atoms with van der Waals surface area (Å²) < 4.78 is 0. The predicted octanol–water partition coefficient (Wildman–Crippen LogP) is 5.17. The largest absolute Gasteiger partial charge is 0.331 e. The number of aryl methyl sites for hydroxylation is 1. The molecular weight excluding hydrogens is 326 g/mol.